The summed E-state index contributed by atoms with van der Waals surface area (Å²) in [5.74, 6) is 1.74. The lowest BCUT2D eigenvalue weighted by molar-refractivity contribution is -0.115. The van der Waals surface area contributed by atoms with Gasteiger partial charge in [-0.1, -0.05) is 19.3 Å². The number of anilines is 2. The Bertz CT molecular complexity index is 650. The van der Waals surface area contributed by atoms with Gasteiger partial charge < -0.3 is 21.3 Å². The maximum Gasteiger partial charge on any atom is 0.270 e. The zero-order valence-corrected chi connectivity index (χ0v) is 16.2. The molecule has 0 aromatic carbocycles. The predicted octanol–water partition coefficient (Wildman–Crippen LogP) is 2.35. The molecule has 7 heteroatoms. The van der Waals surface area contributed by atoms with Crippen LogP contribution in [0.2, 0.25) is 0 Å². The first-order valence-corrected chi connectivity index (χ1v) is 10.2. The second-order valence-electron chi connectivity index (χ2n) is 7.60. The molecule has 1 aliphatic carbocycles. The predicted molar refractivity (Wildman–Crippen MR) is 110 cm³/mol. The van der Waals surface area contributed by atoms with Crippen LogP contribution >= 0.6 is 0 Å². The Morgan fingerprint density at radius 1 is 1.19 bits per heavy atom. The van der Waals surface area contributed by atoms with Gasteiger partial charge >= 0.3 is 0 Å². The van der Waals surface area contributed by atoms with Gasteiger partial charge in [-0.3, -0.25) is 10.2 Å². The quantitative estimate of drug-likeness (QED) is 0.473. The fraction of sp³-hybridized carbons (Fsp3) is 0.650. The molecular formula is C20H32N6O. The van der Waals surface area contributed by atoms with E-state index < -0.39 is 0 Å². The molecule has 7 nitrogen and oxygen atoms in total. The van der Waals surface area contributed by atoms with Crippen LogP contribution < -0.4 is 21.3 Å². The molecule has 0 bridgehead atoms. The fourth-order valence-electron chi connectivity index (χ4n) is 3.94. The van der Waals surface area contributed by atoms with Crippen molar-refractivity contribution in [2.75, 3.05) is 37.3 Å². The van der Waals surface area contributed by atoms with Crippen molar-refractivity contribution in [2.45, 2.75) is 51.0 Å². The van der Waals surface area contributed by atoms with Crippen molar-refractivity contribution in [2.24, 2.45) is 5.92 Å². The van der Waals surface area contributed by atoms with Gasteiger partial charge in [0.05, 0.1) is 0 Å². The molecule has 0 spiro atoms. The van der Waals surface area contributed by atoms with E-state index in [2.05, 4.69) is 26.3 Å². The molecule has 1 aromatic heterocycles. The van der Waals surface area contributed by atoms with Crippen molar-refractivity contribution < 1.29 is 4.79 Å². The Morgan fingerprint density at radius 2 is 1.93 bits per heavy atom. The molecule has 148 valence electrons. The minimum atomic E-state index is -0.330. The van der Waals surface area contributed by atoms with Crippen molar-refractivity contribution in [3.05, 3.63) is 17.7 Å². The summed E-state index contributed by atoms with van der Waals surface area (Å²) in [5.41, 5.74) is 0.497. The van der Waals surface area contributed by atoms with E-state index in [1.165, 1.54) is 32.1 Å². The van der Waals surface area contributed by atoms with Crippen LogP contribution in [0.25, 0.3) is 0 Å². The summed E-state index contributed by atoms with van der Waals surface area (Å²) < 4.78 is 0. The lowest BCUT2D eigenvalue weighted by atomic mass is 9.89. The first-order chi connectivity index (χ1) is 13.2. The zero-order chi connectivity index (χ0) is 19.1. The number of carbonyl (C=O) groups is 1. The van der Waals surface area contributed by atoms with Gasteiger partial charge in [0.1, 0.15) is 17.3 Å². The van der Waals surface area contributed by atoms with Gasteiger partial charge in [-0.15, -0.1) is 0 Å². The summed E-state index contributed by atoms with van der Waals surface area (Å²) in [5, 5.41) is 21.0. The van der Waals surface area contributed by atoms with E-state index in [0.717, 1.165) is 38.3 Å². The molecule has 1 aromatic rings. The van der Waals surface area contributed by atoms with Crippen LogP contribution in [0.4, 0.5) is 11.6 Å². The third-order valence-corrected chi connectivity index (χ3v) is 5.60. The van der Waals surface area contributed by atoms with Crippen molar-refractivity contribution in [3.8, 4) is 0 Å². The average molecular weight is 373 g/mol. The molecule has 0 radical (unpaired) electrons. The smallest absolute Gasteiger partial charge is 0.270 e. The molecule has 1 amide bonds. The number of nitrogens with zero attached hydrogens (tertiary/aromatic N) is 1. The minimum absolute atomic E-state index is 0.0378. The van der Waals surface area contributed by atoms with Crippen LogP contribution in [0.15, 0.2) is 12.1 Å². The van der Waals surface area contributed by atoms with Gasteiger partial charge in [-0.2, -0.15) is 0 Å². The molecule has 2 aliphatic rings. The Morgan fingerprint density at radius 3 is 2.63 bits per heavy atom. The molecule has 27 heavy (non-hydrogen) atoms. The number of nitrogens with one attached hydrogen (secondary N) is 5. The highest BCUT2D eigenvalue weighted by atomic mass is 16.1. The Labute approximate surface area is 161 Å². The molecule has 1 aliphatic heterocycles. The van der Waals surface area contributed by atoms with Crippen LogP contribution in [-0.2, 0) is 4.79 Å². The largest absolute Gasteiger partial charge is 0.373 e. The van der Waals surface area contributed by atoms with Gasteiger partial charge in [-0.25, -0.2) is 4.98 Å². The minimum Gasteiger partial charge on any atom is -0.373 e. The number of amides is 1. The fourth-order valence-corrected chi connectivity index (χ4v) is 3.94. The number of hydrogen-bond donors (Lipinski definition) is 5. The van der Waals surface area contributed by atoms with E-state index in [9.17, 15) is 4.79 Å². The molecule has 2 heterocycles. The number of pyridine rings is 1. The first kappa shape index (κ1) is 19.6. The first-order valence-electron chi connectivity index (χ1n) is 10.2. The Hall–Kier alpha value is -2.15. The zero-order valence-electron chi connectivity index (χ0n) is 16.2. The Balaban J connectivity index is 1.60. The lowest BCUT2D eigenvalue weighted by Crippen LogP contribution is -2.45. The lowest BCUT2D eigenvalue weighted by Gasteiger charge is -2.24. The molecular weight excluding hydrogens is 340 g/mol. The number of aromatic nitrogens is 1. The van der Waals surface area contributed by atoms with E-state index in [1.807, 2.05) is 12.1 Å². The van der Waals surface area contributed by atoms with Crippen LogP contribution in [0.5, 0.6) is 0 Å². The summed E-state index contributed by atoms with van der Waals surface area (Å²) >= 11 is 0. The molecule has 0 unspecified atom stereocenters. The standard InChI is InChI=1S/C20H32N6O/c1-22-19-16(18(21)20(27)25-15-9-11-23-12-10-15)7-8-17(26-19)24-13-14-5-3-2-4-6-14/h7-8,14-15,21,23H,2-6,9-13H2,1H3,(H,25,27)(H2,22,24,26). The van der Waals surface area contributed by atoms with Crippen LogP contribution in [-0.4, -0.2) is 49.3 Å². The van der Waals surface area contributed by atoms with Crippen molar-refractivity contribution in [3.63, 3.8) is 0 Å². The number of carbonyl (C=O) groups excluding carboxylic acids is 1. The summed E-state index contributed by atoms with van der Waals surface area (Å²) in [4.78, 5) is 17.0. The normalized spacial score (nSPS) is 18.7. The Kier molecular flexibility index (Phi) is 7.04. The SMILES string of the molecule is CNc1nc(NCC2CCCCC2)ccc1C(=N)C(=O)NC1CCNCC1. The highest BCUT2D eigenvalue weighted by Crippen LogP contribution is 2.24. The molecule has 1 saturated carbocycles. The molecule has 3 rings (SSSR count). The summed E-state index contributed by atoms with van der Waals surface area (Å²) in [7, 11) is 1.77. The van der Waals surface area contributed by atoms with Gasteiger partial charge in [0, 0.05) is 25.2 Å². The van der Waals surface area contributed by atoms with Gasteiger partial charge in [0.2, 0.25) is 0 Å². The highest BCUT2D eigenvalue weighted by molar-refractivity contribution is 6.45. The van der Waals surface area contributed by atoms with E-state index in [4.69, 9.17) is 5.41 Å². The monoisotopic (exact) mass is 372 g/mol. The second-order valence-corrected chi connectivity index (χ2v) is 7.60. The summed E-state index contributed by atoms with van der Waals surface area (Å²) in [6.07, 6.45) is 8.37. The van der Waals surface area contributed by atoms with Crippen LogP contribution in [0.3, 0.4) is 0 Å². The number of hydrogen-bond acceptors (Lipinski definition) is 6. The summed E-state index contributed by atoms with van der Waals surface area (Å²) in [6.45, 7) is 2.75. The maximum absolute atomic E-state index is 12.5. The number of piperidine rings is 1. The number of rotatable bonds is 7. The van der Waals surface area contributed by atoms with Crippen molar-refractivity contribution >= 4 is 23.3 Å². The van der Waals surface area contributed by atoms with Crippen LogP contribution in [0.1, 0.15) is 50.5 Å². The van der Waals surface area contributed by atoms with E-state index in [1.54, 1.807) is 7.05 Å². The maximum atomic E-state index is 12.5. The third kappa shape index (κ3) is 5.42. The van der Waals surface area contributed by atoms with Crippen LogP contribution in [0, 0.1) is 11.3 Å². The van der Waals surface area contributed by atoms with Gasteiger partial charge in [-0.05, 0) is 56.8 Å². The van der Waals surface area contributed by atoms with Gasteiger partial charge in [0.25, 0.3) is 5.91 Å². The molecule has 5 N–H and O–H groups in total. The highest BCUT2D eigenvalue weighted by Gasteiger charge is 2.21. The topological polar surface area (TPSA) is 102 Å². The van der Waals surface area contributed by atoms with Crippen molar-refractivity contribution in [1.29, 1.82) is 5.41 Å². The average Bonchev–Trinajstić information content (AvgIpc) is 2.73. The molecule has 2 fully saturated rings. The third-order valence-electron chi connectivity index (χ3n) is 5.60. The van der Waals surface area contributed by atoms with Crippen molar-refractivity contribution in [1.82, 2.24) is 15.6 Å². The summed E-state index contributed by atoms with van der Waals surface area (Å²) in [6, 6.07) is 3.82. The van der Waals surface area contributed by atoms with E-state index >= 15 is 0 Å². The molecule has 0 atom stereocenters. The van der Waals surface area contributed by atoms with Gasteiger partial charge in [0.15, 0.2) is 0 Å². The van der Waals surface area contributed by atoms with E-state index in [0.29, 0.717) is 17.3 Å². The second kappa shape index (κ2) is 9.69. The molecule has 1 saturated heterocycles. The van der Waals surface area contributed by atoms with E-state index in [-0.39, 0.29) is 17.7 Å².